The van der Waals surface area contributed by atoms with Crippen molar-refractivity contribution in [1.29, 1.82) is 0 Å². The second-order valence-electron chi connectivity index (χ2n) is 6.74. The van der Waals surface area contributed by atoms with Crippen molar-refractivity contribution >= 4 is 11.9 Å². The van der Waals surface area contributed by atoms with Crippen LogP contribution in [0.5, 0.6) is 0 Å². The average molecular weight is 346 g/mol. The fourth-order valence-corrected chi connectivity index (χ4v) is 3.00. The normalized spacial score (nSPS) is 35.0. The van der Waals surface area contributed by atoms with Gasteiger partial charge in [-0.2, -0.15) is 0 Å². The highest BCUT2D eigenvalue weighted by molar-refractivity contribution is 5.92. The summed E-state index contributed by atoms with van der Waals surface area (Å²) >= 11 is 0. The van der Waals surface area contributed by atoms with Gasteiger partial charge in [0.15, 0.2) is 0 Å². The van der Waals surface area contributed by atoms with E-state index in [1.165, 1.54) is 0 Å². The van der Waals surface area contributed by atoms with Gasteiger partial charge in [0.05, 0.1) is 12.0 Å². The summed E-state index contributed by atoms with van der Waals surface area (Å²) in [6, 6.07) is 0. The third-order valence-corrected chi connectivity index (χ3v) is 4.83. The number of aliphatic hydroxyl groups excluding tert-OH is 1. The van der Waals surface area contributed by atoms with Crippen molar-refractivity contribution in [2.75, 3.05) is 0 Å². The summed E-state index contributed by atoms with van der Waals surface area (Å²) in [5.74, 6) is -1.43. The van der Waals surface area contributed by atoms with Crippen LogP contribution in [0.3, 0.4) is 0 Å². The Morgan fingerprint density at radius 3 is 2.72 bits per heavy atom. The van der Waals surface area contributed by atoms with E-state index in [-0.39, 0.29) is 5.57 Å². The Balaban J connectivity index is 2.44. The van der Waals surface area contributed by atoms with Gasteiger partial charge in [0.25, 0.3) is 0 Å². The van der Waals surface area contributed by atoms with Crippen molar-refractivity contribution in [2.45, 2.75) is 58.8 Å². The van der Waals surface area contributed by atoms with Crippen LogP contribution >= 0.6 is 0 Å². The number of esters is 2. The number of hydrogen-bond acceptors (Lipinski definition) is 5. The fraction of sp³-hybridized carbons (Fsp3) is 0.500. The number of carbonyl (C=O) groups excluding carboxylic acids is 2. The number of carbonyl (C=O) groups is 2. The SMILES string of the molecule is C=C1C(=O)O[C@H]2/C=C(/C)[C@H](O)CC/C(C)=C/[C@@H](OC(=O)/C(C)=C/C)[C@H]12. The van der Waals surface area contributed by atoms with Crippen molar-refractivity contribution in [2.24, 2.45) is 5.92 Å². The van der Waals surface area contributed by atoms with Crippen LogP contribution in [0.25, 0.3) is 0 Å². The van der Waals surface area contributed by atoms with E-state index >= 15 is 0 Å². The number of allylic oxidation sites excluding steroid dienone is 2. The molecule has 0 saturated carbocycles. The Morgan fingerprint density at radius 2 is 2.08 bits per heavy atom. The minimum absolute atomic E-state index is 0.282. The minimum Gasteiger partial charge on any atom is -0.454 e. The number of fused-ring (bicyclic) bond motifs is 1. The van der Waals surface area contributed by atoms with Crippen LogP contribution in [0.1, 0.15) is 40.5 Å². The molecule has 1 heterocycles. The Kier molecular flexibility index (Phi) is 6.01. The molecule has 1 fully saturated rings. The fourth-order valence-electron chi connectivity index (χ4n) is 3.00. The zero-order chi connectivity index (χ0) is 18.7. The van der Waals surface area contributed by atoms with Crippen molar-refractivity contribution in [3.05, 3.63) is 47.1 Å². The number of ether oxygens (including phenoxy) is 2. The summed E-state index contributed by atoms with van der Waals surface area (Å²) in [5.41, 5.74) is 2.50. The summed E-state index contributed by atoms with van der Waals surface area (Å²) in [7, 11) is 0. The third kappa shape index (κ3) is 4.28. The van der Waals surface area contributed by atoms with E-state index in [0.717, 1.165) is 11.1 Å². The summed E-state index contributed by atoms with van der Waals surface area (Å²) in [6.07, 6.45) is 4.64. The second-order valence-corrected chi connectivity index (χ2v) is 6.74. The standard InChI is InChI=1S/C20H26O5/c1-6-12(3)19(22)24-16-9-11(2)7-8-15(21)13(4)10-17-18(16)14(5)20(23)25-17/h6,9-10,15-18,21H,5,7-8H2,1-4H3/b11-9+,12-6+,13-10-/t15-,16-,17+,18+/m1/s1. The van der Waals surface area contributed by atoms with Crippen molar-refractivity contribution in [1.82, 2.24) is 0 Å². The topological polar surface area (TPSA) is 72.8 Å². The van der Waals surface area contributed by atoms with E-state index in [2.05, 4.69) is 6.58 Å². The molecule has 0 aromatic rings. The molecule has 0 amide bonds. The molecule has 136 valence electrons. The lowest BCUT2D eigenvalue weighted by molar-refractivity contribution is -0.144. The molecular weight excluding hydrogens is 320 g/mol. The Bertz CT molecular complexity index is 668. The molecule has 2 rings (SSSR count). The van der Waals surface area contributed by atoms with Crippen LogP contribution in [-0.2, 0) is 19.1 Å². The highest BCUT2D eigenvalue weighted by Gasteiger charge is 2.44. The number of aliphatic hydroxyl groups is 1. The molecule has 0 radical (unpaired) electrons. The van der Waals surface area contributed by atoms with Gasteiger partial charge in [-0.3, -0.25) is 0 Å². The molecule has 1 N–H and O–H groups in total. The molecule has 1 aliphatic carbocycles. The molecule has 0 bridgehead atoms. The van der Waals surface area contributed by atoms with Crippen LogP contribution < -0.4 is 0 Å². The minimum atomic E-state index is -0.648. The first kappa shape index (κ1) is 19.2. The predicted octanol–water partition coefficient (Wildman–Crippen LogP) is 3.01. The van der Waals surface area contributed by atoms with Gasteiger partial charge in [0, 0.05) is 11.1 Å². The summed E-state index contributed by atoms with van der Waals surface area (Å²) < 4.78 is 11.1. The smallest absolute Gasteiger partial charge is 0.334 e. The van der Waals surface area contributed by atoms with Crippen LogP contribution in [0.2, 0.25) is 0 Å². The lowest BCUT2D eigenvalue weighted by atomic mass is 9.86. The molecule has 1 saturated heterocycles. The van der Waals surface area contributed by atoms with Crippen LogP contribution in [0.4, 0.5) is 0 Å². The highest BCUT2D eigenvalue weighted by atomic mass is 16.6. The lowest BCUT2D eigenvalue weighted by Crippen LogP contribution is -2.32. The van der Waals surface area contributed by atoms with Crippen molar-refractivity contribution < 1.29 is 24.2 Å². The lowest BCUT2D eigenvalue weighted by Gasteiger charge is -2.26. The van der Waals surface area contributed by atoms with E-state index in [1.807, 2.05) is 19.9 Å². The van der Waals surface area contributed by atoms with Crippen LogP contribution in [0, 0.1) is 5.92 Å². The van der Waals surface area contributed by atoms with E-state index in [0.29, 0.717) is 18.4 Å². The molecule has 4 atom stereocenters. The maximum atomic E-state index is 12.3. The molecule has 1 aliphatic heterocycles. The number of hydrogen-bond donors (Lipinski definition) is 1. The Labute approximate surface area is 148 Å². The van der Waals surface area contributed by atoms with Crippen molar-refractivity contribution in [3.63, 3.8) is 0 Å². The molecule has 2 aliphatic rings. The molecular formula is C20H26O5. The van der Waals surface area contributed by atoms with E-state index in [4.69, 9.17) is 9.47 Å². The highest BCUT2D eigenvalue weighted by Crippen LogP contribution is 2.35. The first-order chi connectivity index (χ1) is 11.7. The Hall–Kier alpha value is -2.14. The molecule has 25 heavy (non-hydrogen) atoms. The van der Waals surface area contributed by atoms with Crippen LogP contribution in [0.15, 0.2) is 47.1 Å². The first-order valence-electron chi connectivity index (χ1n) is 8.52. The molecule has 0 aromatic heterocycles. The zero-order valence-electron chi connectivity index (χ0n) is 15.2. The molecule has 0 spiro atoms. The summed E-state index contributed by atoms with van der Waals surface area (Å²) in [5, 5.41) is 10.2. The third-order valence-electron chi connectivity index (χ3n) is 4.83. The van der Waals surface area contributed by atoms with Gasteiger partial charge in [0.1, 0.15) is 12.2 Å². The maximum absolute atomic E-state index is 12.3. The van der Waals surface area contributed by atoms with Gasteiger partial charge in [0.2, 0.25) is 0 Å². The molecule has 5 nitrogen and oxygen atoms in total. The van der Waals surface area contributed by atoms with E-state index < -0.39 is 36.2 Å². The average Bonchev–Trinajstić information content (AvgIpc) is 2.84. The van der Waals surface area contributed by atoms with Gasteiger partial charge >= 0.3 is 11.9 Å². The first-order valence-corrected chi connectivity index (χ1v) is 8.52. The van der Waals surface area contributed by atoms with Gasteiger partial charge < -0.3 is 14.6 Å². The molecule has 0 aromatic carbocycles. The van der Waals surface area contributed by atoms with Gasteiger partial charge in [-0.15, -0.1) is 0 Å². The quantitative estimate of drug-likeness (QED) is 0.473. The molecule has 5 heteroatoms. The summed E-state index contributed by atoms with van der Waals surface area (Å²) in [6.45, 7) is 11.0. The Morgan fingerprint density at radius 1 is 1.40 bits per heavy atom. The zero-order valence-corrected chi connectivity index (χ0v) is 15.2. The van der Waals surface area contributed by atoms with Crippen molar-refractivity contribution in [3.8, 4) is 0 Å². The maximum Gasteiger partial charge on any atom is 0.334 e. The van der Waals surface area contributed by atoms with Gasteiger partial charge in [-0.1, -0.05) is 18.2 Å². The van der Waals surface area contributed by atoms with Gasteiger partial charge in [-0.25, -0.2) is 9.59 Å². The monoisotopic (exact) mass is 346 g/mol. The largest absolute Gasteiger partial charge is 0.454 e. The van der Waals surface area contributed by atoms with E-state index in [9.17, 15) is 14.7 Å². The van der Waals surface area contributed by atoms with E-state index in [1.54, 1.807) is 26.0 Å². The summed E-state index contributed by atoms with van der Waals surface area (Å²) in [4.78, 5) is 24.3. The molecule has 0 unspecified atom stereocenters. The number of rotatable bonds is 2. The second kappa shape index (κ2) is 7.83. The predicted molar refractivity (Wildman–Crippen MR) is 94.6 cm³/mol. The van der Waals surface area contributed by atoms with Crippen LogP contribution in [-0.4, -0.2) is 35.4 Å². The van der Waals surface area contributed by atoms with Gasteiger partial charge in [-0.05, 0) is 58.3 Å².